The van der Waals surface area contributed by atoms with Crippen LogP contribution in [-0.2, 0) is 19.5 Å². The Labute approximate surface area is 193 Å². The fourth-order valence-electron chi connectivity index (χ4n) is 4.09. The molecule has 0 atom stereocenters. The molecule has 0 unspecified atom stereocenters. The minimum Gasteiger partial charge on any atom is -0.299 e. The maximum Gasteiger partial charge on any atom is 0.328 e. The van der Waals surface area contributed by atoms with Crippen LogP contribution in [0.15, 0.2) is 53.7 Å². The molecule has 0 bridgehead atoms. The monoisotopic (exact) mass is 445 g/mol. The fraction of sp³-hybridized carbons (Fsp3) is 0.400. The molecule has 0 radical (unpaired) electrons. The van der Waals surface area contributed by atoms with Crippen molar-refractivity contribution >= 4 is 0 Å². The van der Waals surface area contributed by atoms with Gasteiger partial charge in [0, 0.05) is 36.4 Å². The molecule has 0 saturated carbocycles. The first-order valence-electron chi connectivity index (χ1n) is 11.8. The summed E-state index contributed by atoms with van der Waals surface area (Å²) in [7, 11) is 0. The highest BCUT2D eigenvalue weighted by Gasteiger charge is 2.14. The van der Waals surface area contributed by atoms with Gasteiger partial charge < -0.3 is 0 Å². The Hall–Kier alpha value is -3.55. The fourth-order valence-corrected chi connectivity index (χ4v) is 4.09. The SMILES string of the molecule is CCCCCn1cc(CCCC)n(Cc2cnccc2-c2ccc(-c3nn[nH]n3)cc2)c1=O. The molecule has 8 nitrogen and oxygen atoms in total. The molecule has 4 aromatic rings. The van der Waals surface area contributed by atoms with Crippen molar-refractivity contribution in [2.24, 2.45) is 0 Å². The lowest BCUT2D eigenvalue weighted by atomic mass is 10.00. The number of H-pyrrole nitrogens is 1. The molecule has 0 spiro atoms. The summed E-state index contributed by atoms with van der Waals surface area (Å²) < 4.78 is 3.81. The van der Waals surface area contributed by atoms with Crippen LogP contribution < -0.4 is 5.69 Å². The molecule has 0 amide bonds. The van der Waals surface area contributed by atoms with Gasteiger partial charge in [0.2, 0.25) is 5.82 Å². The number of nitrogens with one attached hydrogen (secondary N) is 1. The van der Waals surface area contributed by atoms with E-state index in [0.29, 0.717) is 12.4 Å². The van der Waals surface area contributed by atoms with Crippen molar-refractivity contribution in [1.29, 1.82) is 0 Å². The van der Waals surface area contributed by atoms with Crippen LogP contribution >= 0.6 is 0 Å². The van der Waals surface area contributed by atoms with Crippen LogP contribution in [0.2, 0.25) is 0 Å². The molecule has 0 fully saturated rings. The van der Waals surface area contributed by atoms with Crippen LogP contribution in [0.4, 0.5) is 0 Å². The first-order chi connectivity index (χ1) is 16.2. The van der Waals surface area contributed by atoms with Crippen molar-refractivity contribution in [2.45, 2.75) is 65.5 Å². The molecule has 0 aliphatic rings. The number of nitrogens with zero attached hydrogens (tertiary/aromatic N) is 6. The minimum absolute atomic E-state index is 0.0689. The third kappa shape index (κ3) is 5.27. The summed E-state index contributed by atoms with van der Waals surface area (Å²) in [5, 5.41) is 14.2. The first-order valence-corrected chi connectivity index (χ1v) is 11.8. The summed E-state index contributed by atoms with van der Waals surface area (Å²) in [4.78, 5) is 17.6. The number of unbranched alkanes of at least 4 members (excludes halogenated alkanes) is 3. The van der Waals surface area contributed by atoms with E-state index in [9.17, 15) is 4.79 Å². The van der Waals surface area contributed by atoms with Crippen molar-refractivity contribution in [1.82, 2.24) is 34.7 Å². The zero-order valence-corrected chi connectivity index (χ0v) is 19.4. The van der Waals surface area contributed by atoms with Gasteiger partial charge in [-0.25, -0.2) is 4.79 Å². The molecule has 0 aliphatic heterocycles. The average Bonchev–Trinajstić information content (AvgIpc) is 3.48. The molecule has 33 heavy (non-hydrogen) atoms. The number of benzene rings is 1. The highest BCUT2D eigenvalue weighted by atomic mass is 16.1. The lowest BCUT2D eigenvalue weighted by Gasteiger charge is -2.12. The van der Waals surface area contributed by atoms with Crippen molar-refractivity contribution in [2.75, 3.05) is 0 Å². The highest BCUT2D eigenvalue weighted by molar-refractivity contribution is 5.69. The molecular formula is C25H31N7O. The molecule has 1 N–H and O–H groups in total. The standard InChI is InChI=1S/C25H31N7O/c1-3-5-7-15-31-18-22(8-6-4-2)32(25(31)33)17-21-16-26-14-13-23(21)19-9-11-20(12-10-19)24-27-29-30-28-24/h9-14,16,18H,3-8,15,17H2,1-2H3,(H,27,28,29,30). The van der Waals surface area contributed by atoms with Gasteiger partial charge in [-0.2, -0.15) is 5.21 Å². The topological polar surface area (TPSA) is 94.3 Å². The number of pyridine rings is 1. The summed E-state index contributed by atoms with van der Waals surface area (Å²) in [6.45, 7) is 5.64. The smallest absolute Gasteiger partial charge is 0.299 e. The van der Waals surface area contributed by atoms with Crippen molar-refractivity contribution in [3.63, 3.8) is 0 Å². The van der Waals surface area contributed by atoms with Gasteiger partial charge in [0.05, 0.1) is 6.54 Å². The first kappa shape index (κ1) is 22.6. The molecule has 172 valence electrons. The Morgan fingerprint density at radius 3 is 2.48 bits per heavy atom. The van der Waals surface area contributed by atoms with Gasteiger partial charge >= 0.3 is 5.69 Å². The lowest BCUT2D eigenvalue weighted by molar-refractivity contribution is 0.573. The second-order valence-electron chi connectivity index (χ2n) is 8.34. The third-order valence-corrected chi connectivity index (χ3v) is 5.95. The number of hydrogen-bond acceptors (Lipinski definition) is 5. The van der Waals surface area contributed by atoms with E-state index in [4.69, 9.17) is 0 Å². The van der Waals surface area contributed by atoms with Crippen molar-refractivity contribution in [3.05, 3.63) is 70.7 Å². The van der Waals surface area contributed by atoms with E-state index in [0.717, 1.165) is 73.0 Å². The van der Waals surface area contributed by atoms with Gasteiger partial charge in [-0.1, -0.05) is 57.4 Å². The van der Waals surface area contributed by atoms with Crippen molar-refractivity contribution < 1.29 is 0 Å². The number of aromatic amines is 1. The molecule has 0 aliphatic carbocycles. The highest BCUT2D eigenvalue weighted by Crippen LogP contribution is 2.26. The zero-order valence-electron chi connectivity index (χ0n) is 19.4. The molecular weight excluding hydrogens is 414 g/mol. The largest absolute Gasteiger partial charge is 0.328 e. The maximum absolute atomic E-state index is 13.3. The van der Waals surface area contributed by atoms with E-state index in [1.165, 1.54) is 0 Å². The number of hydrogen-bond donors (Lipinski definition) is 1. The van der Waals surface area contributed by atoms with Gasteiger partial charge in [0.15, 0.2) is 0 Å². The summed E-state index contributed by atoms with van der Waals surface area (Å²) in [5.74, 6) is 0.563. The Morgan fingerprint density at radius 2 is 1.76 bits per heavy atom. The van der Waals surface area contributed by atoms with Crippen LogP contribution in [0.5, 0.6) is 0 Å². The average molecular weight is 446 g/mol. The molecule has 0 saturated heterocycles. The molecule has 4 rings (SSSR count). The van der Waals surface area contributed by atoms with Gasteiger partial charge in [-0.05, 0) is 47.2 Å². The molecule has 3 heterocycles. The van der Waals surface area contributed by atoms with E-state index in [1.54, 1.807) is 6.20 Å². The van der Waals surface area contributed by atoms with E-state index in [2.05, 4.69) is 45.7 Å². The van der Waals surface area contributed by atoms with Crippen LogP contribution in [-0.4, -0.2) is 34.7 Å². The minimum atomic E-state index is 0.0689. The Bertz CT molecular complexity index is 1210. The summed E-state index contributed by atoms with van der Waals surface area (Å²) >= 11 is 0. The van der Waals surface area contributed by atoms with E-state index >= 15 is 0 Å². The number of rotatable bonds is 11. The van der Waals surface area contributed by atoms with Crippen LogP contribution in [0.25, 0.3) is 22.5 Å². The van der Waals surface area contributed by atoms with Crippen LogP contribution in [0.1, 0.15) is 57.2 Å². The summed E-state index contributed by atoms with van der Waals surface area (Å²) in [5.41, 5.74) is 5.21. The Morgan fingerprint density at radius 1 is 0.970 bits per heavy atom. The zero-order chi connectivity index (χ0) is 23.0. The maximum atomic E-state index is 13.3. The van der Waals surface area contributed by atoms with E-state index < -0.39 is 0 Å². The summed E-state index contributed by atoms with van der Waals surface area (Å²) in [6, 6.07) is 10.1. The van der Waals surface area contributed by atoms with E-state index in [1.807, 2.05) is 45.7 Å². The Balaban J connectivity index is 1.64. The third-order valence-electron chi connectivity index (χ3n) is 5.95. The molecule has 1 aromatic carbocycles. The van der Waals surface area contributed by atoms with Gasteiger partial charge in [-0.3, -0.25) is 14.1 Å². The van der Waals surface area contributed by atoms with E-state index in [-0.39, 0.29) is 5.69 Å². The van der Waals surface area contributed by atoms with Crippen LogP contribution in [0, 0.1) is 0 Å². The number of aromatic nitrogens is 7. The van der Waals surface area contributed by atoms with Gasteiger partial charge in [0.1, 0.15) is 0 Å². The second kappa shape index (κ2) is 10.8. The predicted molar refractivity (Wildman–Crippen MR) is 129 cm³/mol. The number of imidazole rings is 1. The number of aryl methyl sites for hydroxylation is 2. The summed E-state index contributed by atoms with van der Waals surface area (Å²) in [6.07, 6.45) is 12.1. The lowest BCUT2D eigenvalue weighted by Crippen LogP contribution is -2.26. The van der Waals surface area contributed by atoms with Gasteiger partial charge in [-0.15, -0.1) is 10.2 Å². The van der Waals surface area contributed by atoms with Crippen molar-refractivity contribution in [3.8, 4) is 22.5 Å². The van der Waals surface area contributed by atoms with Gasteiger partial charge in [0.25, 0.3) is 0 Å². The normalized spacial score (nSPS) is 11.2. The molecule has 8 heteroatoms. The molecule has 3 aromatic heterocycles. The van der Waals surface area contributed by atoms with Crippen LogP contribution in [0.3, 0.4) is 0 Å². The predicted octanol–water partition coefficient (Wildman–Crippen LogP) is 4.47. The quantitative estimate of drug-likeness (QED) is 0.344. The Kier molecular flexibility index (Phi) is 7.44. The second-order valence-corrected chi connectivity index (χ2v) is 8.34. The number of tetrazole rings is 1.